The summed E-state index contributed by atoms with van der Waals surface area (Å²) in [7, 11) is 0. The quantitative estimate of drug-likeness (QED) is 0.687. The van der Waals surface area contributed by atoms with Crippen molar-refractivity contribution in [1.29, 1.82) is 0 Å². The largest absolute Gasteiger partial charge is 0.353 e. The minimum Gasteiger partial charge on any atom is -0.353 e. The number of amides is 2. The third-order valence-electron chi connectivity index (χ3n) is 5.44. The lowest BCUT2D eigenvalue weighted by molar-refractivity contribution is -0.121. The molecular weight excluding hydrogens is 397 g/mol. The lowest BCUT2D eigenvalue weighted by atomic mass is 10.0. The maximum atomic E-state index is 13.0. The van der Waals surface area contributed by atoms with Gasteiger partial charge in [0.05, 0.1) is 18.3 Å². The van der Waals surface area contributed by atoms with Crippen molar-refractivity contribution < 1.29 is 14.0 Å². The molecule has 2 amide bonds. The van der Waals surface area contributed by atoms with Crippen molar-refractivity contribution in [2.24, 2.45) is 0 Å². The van der Waals surface area contributed by atoms with E-state index < -0.39 is 0 Å². The maximum Gasteiger partial charge on any atom is 0.276 e. The zero-order valence-electron chi connectivity index (χ0n) is 17.3. The Morgan fingerprint density at radius 3 is 2.42 bits per heavy atom. The van der Waals surface area contributed by atoms with Gasteiger partial charge in [-0.25, -0.2) is 9.07 Å². The van der Waals surface area contributed by atoms with Crippen LogP contribution >= 0.6 is 0 Å². The molecule has 1 N–H and O–H groups in total. The summed E-state index contributed by atoms with van der Waals surface area (Å²) in [5.74, 6) is -0.577. The van der Waals surface area contributed by atoms with Crippen molar-refractivity contribution in [3.8, 4) is 5.69 Å². The summed E-state index contributed by atoms with van der Waals surface area (Å²) in [5, 5.41) is 11.1. The van der Waals surface area contributed by atoms with Crippen LogP contribution in [0.4, 0.5) is 4.39 Å². The molecule has 2 aromatic carbocycles. The summed E-state index contributed by atoms with van der Waals surface area (Å²) in [6.45, 7) is 3.09. The number of aromatic nitrogens is 3. The van der Waals surface area contributed by atoms with Crippen LogP contribution in [-0.4, -0.2) is 50.8 Å². The van der Waals surface area contributed by atoms with Crippen molar-refractivity contribution in [1.82, 2.24) is 25.2 Å². The fourth-order valence-corrected chi connectivity index (χ4v) is 3.64. The number of rotatable bonds is 5. The van der Waals surface area contributed by atoms with E-state index in [1.165, 1.54) is 12.1 Å². The Hall–Kier alpha value is -3.55. The standard InChI is InChI=1S/C23H24FN5O2/c1-16-2-8-20(9-3-16)29-15-21(26-27-29)23(31)28-12-10-19(11-13-28)25-22(30)14-17-4-6-18(24)7-5-17/h2-9,15,19H,10-14H2,1H3,(H,25,30). The first-order valence-electron chi connectivity index (χ1n) is 10.3. The molecule has 1 saturated heterocycles. The number of nitrogens with zero attached hydrogens (tertiary/aromatic N) is 4. The average molecular weight is 421 g/mol. The summed E-state index contributed by atoms with van der Waals surface area (Å²) in [4.78, 5) is 26.8. The highest BCUT2D eigenvalue weighted by molar-refractivity contribution is 5.92. The molecule has 0 bridgehead atoms. The molecule has 1 fully saturated rings. The highest BCUT2D eigenvalue weighted by Crippen LogP contribution is 2.15. The van der Waals surface area contributed by atoms with E-state index in [1.807, 2.05) is 31.2 Å². The lowest BCUT2D eigenvalue weighted by Crippen LogP contribution is -2.47. The van der Waals surface area contributed by atoms with E-state index in [0.29, 0.717) is 31.6 Å². The number of halogens is 1. The first-order chi connectivity index (χ1) is 15.0. The van der Waals surface area contributed by atoms with Gasteiger partial charge in [-0.3, -0.25) is 9.59 Å². The van der Waals surface area contributed by atoms with Crippen LogP contribution in [0.3, 0.4) is 0 Å². The Morgan fingerprint density at radius 1 is 1.06 bits per heavy atom. The smallest absolute Gasteiger partial charge is 0.276 e. The Kier molecular flexibility index (Phi) is 6.06. The number of piperidine rings is 1. The van der Waals surface area contributed by atoms with E-state index in [0.717, 1.165) is 16.8 Å². The topological polar surface area (TPSA) is 80.1 Å². The Balaban J connectivity index is 1.28. The van der Waals surface area contributed by atoms with Crippen molar-refractivity contribution in [3.63, 3.8) is 0 Å². The maximum absolute atomic E-state index is 13.0. The SMILES string of the molecule is Cc1ccc(-n2cc(C(=O)N3CCC(NC(=O)Cc4ccc(F)cc4)CC3)nn2)cc1. The molecule has 0 saturated carbocycles. The third kappa shape index (κ3) is 5.14. The number of likely N-dealkylation sites (tertiary alicyclic amines) is 1. The van der Waals surface area contributed by atoms with Crippen LogP contribution in [-0.2, 0) is 11.2 Å². The molecule has 160 valence electrons. The highest BCUT2D eigenvalue weighted by atomic mass is 19.1. The van der Waals surface area contributed by atoms with Crippen LogP contribution in [0, 0.1) is 12.7 Å². The molecule has 3 aromatic rings. The molecular formula is C23H24FN5O2. The number of hydrogen-bond acceptors (Lipinski definition) is 4. The molecule has 1 aliphatic heterocycles. The van der Waals surface area contributed by atoms with Gasteiger partial charge in [-0.1, -0.05) is 35.0 Å². The van der Waals surface area contributed by atoms with Crippen molar-refractivity contribution in [2.75, 3.05) is 13.1 Å². The van der Waals surface area contributed by atoms with Gasteiger partial charge in [0.25, 0.3) is 5.91 Å². The number of benzene rings is 2. The van der Waals surface area contributed by atoms with Gasteiger partial charge in [0.1, 0.15) is 5.82 Å². The number of carbonyl (C=O) groups is 2. The number of hydrogen-bond donors (Lipinski definition) is 1. The predicted octanol–water partition coefficient (Wildman–Crippen LogP) is 2.68. The van der Waals surface area contributed by atoms with E-state index in [9.17, 15) is 14.0 Å². The molecule has 0 unspecified atom stereocenters. The van der Waals surface area contributed by atoms with E-state index in [2.05, 4.69) is 15.6 Å². The molecule has 2 heterocycles. The molecule has 7 nitrogen and oxygen atoms in total. The third-order valence-corrected chi connectivity index (χ3v) is 5.44. The minimum atomic E-state index is -0.319. The first-order valence-corrected chi connectivity index (χ1v) is 10.3. The van der Waals surface area contributed by atoms with Gasteiger partial charge in [-0.15, -0.1) is 5.10 Å². The van der Waals surface area contributed by atoms with Gasteiger partial charge in [-0.05, 0) is 49.6 Å². The molecule has 31 heavy (non-hydrogen) atoms. The molecule has 0 atom stereocenters. The minimum absolute atomic E-state index is 0.0141. The van der Waals surface area contributed by atoms with Crippen LogP contribution < -0.4 is 5.32 Å². The highest BCUT2D eigenvalue weighted by Gasteiger charge is 2.26. The Labute approximate surface area is 179 Å². The normalized spacial score (nSPS) is 14.5. The van der Waals surface area contributed by atoms with Crippen LogP contribution in [0.15, 0.2) is 54.7 Å². The lowest BCUT2D eigenvalue weighted by Gasteiger charge is -2.32. The second kappa shape index (κ2) is 9.07. The zero-order valence-corrected chi connectivity index (χ0v) is 17.3. The fraction of sp³-hybridized carbons (Fsp3) is 0.304. The average Bonchev–Trinajstić information content (AvgIpc) is 3.26. The molecule has 8 heteroatoms. The Morgan fingerprint density at radius 2 is 1.74 bits per heavy atom. The van der Waals surface area contributed by atoms with E-state index in [-0.39, 0.29) is 30.1 Å². The van der Waals surface area contributed by atoms with Gasteiger partial charge in [-0.2, -0.15) is 0 Å². The first kappa shape index (κ1) is 20.7. The van der Waals surface area contributed by atoms with Crippen LogP contribution in [0.5, 0.6) is 0 Å². The number of nitrogens with one attached hydrogen (secondary N) is 1. The molecule has 0 spiro atoms. The summed E-state index contributed by atoms with van der Waals surface area (Å²) >= 11 is 0. The van der Waals surface area contributed by atoms with Crippen LogP contribution in [0.25, 0.3) is 5.69 Å². The summed E-state index contributed by atoms with van der Waals surface area (Å²) in [6.07, 6.45) is 3.20. The molecule has 0 radical (unpaired) electrons. The summed E-state index contributed by atoms with van der Waals surface area (Å²) in [6, 6.07) is 13.8. The second-order valence-corrected chi connectivity index (χ2v) is 7.82. The number of carbonyl (C=O) groups excluding carboxylic acids is 2. The monoisotopic (exact) mass is 421 g/mol. The van der Waals surface area contributed by atoms with Crippen LogP contribution in [0.2, 0.25) is 0 Å². The Bertz CT molecular complexity index is 1050. The van der Waals surface area contributed by atoms with Crippen molar-refractivity contribution >= 4 is 11.8 Å². The summed E-state index contributed by atoms with van der Waals surface area (Å²) < 4.78 is 14.6. The van der Waals surface area contributed by atoms with Crippen molar-refractivity contribution in [3.05, 3.63) is 77.4 Å². The van der Waals surface area contributed by atoms with E-state index in [4.69, 9.17) is 0 Å². The second-order valence-electron chi connectivity index (χ2n) is 7.82. The predicted molar refractivity (Wildman–Crippen MR) is 113 cm³/mol. The van der Waals surface area contributed by atoms with Gasteiger partial charge in [0.2, 0.25) is 5.91 Å². The molecule has 0 aliphatic carbocycles. The van der Waals surface area contributed by atoms with E-state index >= 15 is 0 Å². The van der Waals surface area contributed by atoms with Gasteiger partial charge in [0.15, 0.2) is 5.69 Å². The van der Waals surface area contributed by atoms with Crippen molar-refractivity contribution in [2.45, 2.75) is 32.2 Å². The van der Waals surface area contributed by atoms with Gasteiger partial charge < -0.3 is 10.2 Å². The van der Waals surface area contributed by atoms with E-state index in [1.54, 1.807) is 27.9 Å². The zero-order chi connectivity index (χ0) is 21.8. The fourth-order valence-electron chi connectivity index (χ4n) is 3.64. The molecule has 4 rings (SSSR count). The molecule has 1 aromatic heterocycles. The van der Waals surface area contributed by atoms with Gasteiger partial charge in [0, 0.05) is 19.1 Å². The van der Waals surface area contributed by atoms with Gasteiger partial charge >= 0.3 is 0 Å². The molecule has 1 aliphatic rings. The van der Waals surface area contributed by atoms with Crippen LogP contribution in [0.1, 0.15) is 34.5 Å². The summed E-state index contributed by atoms with van der Waals surface area (Å²) in [5.41, 5.74) is 3.06. The number of aryl methyl sites for hydroxylation is 1.